The van der Waals surface area contributed by atoms with E-state index in [1.54, 1.807) is 7.11 Å². The number of nitriles is 1. The number of aromatic amines is 1. The molecule has 0 spiro atoms. The number of benzene rings is 1. The van der Waals surface area contributed by atoms with Gasteiger partial charge in [0.15, 0.2) is 11.5 Å². The van der Waals surface area contributed by atoms with Crippen molar-refractivity contribution in [2.45, 2.75) is 19.3 Å². The standard InChI is InChI=1S/C17H16N4O4/c1-3-10-14-13(9(6-18)16(19)25-17(14)21-20-10)8-4-11(22-2)15-12(5-8)23-7-24-15/h4-5,13H,3,7,19H2,1-2H3,(H,20,21)/t13-/m1/s1. The number of aryl methyl sites for hydroxylation is 1. The Bertz CT molecular complexity index is 925. The monoisotopic (exact) mass is 340 g/mol. The molecular formula is C17H16N4O4. The summed E-state index contributed by atoms with van der Waals surface area (Å²) in [5.41, 5.74) is 8.76. The Hall–Kier alpha value is -3.34. The molecule has 0 saturated carbocycles. The molecule has 0 bridgehead atoms. The summed E-state index contributed by atoms with van der Waals surface area (Å²) in [6, 6.07) is 5.82. The van der Waals surface area contributed by atoms with E-state index in [2.05, 4.69) is 16.3 Å². The minimum absolute atomic E-state index is 0.0470. The molecule has 2 aromatic rings. The van der Waals surface area contributed by atoms with Crippen LogP contribution in [-0.4, -0.2) is 24.1 Å². The number of allylic oxidation sites excluding steroid dienone is 1. The van der Waals surface area contributed by atoms with E-state index < -0.39 is 5.92 Å². The lowest BCUT2D eigenvalue weighted by atomic mass is 9.83. The summed E-state index contributed by atoms with van der Waals surface area (Å²) in [5, 5.41) is 16.8. The zero-order valence-electron chi connectivity index (χ0n) is 13.8. The number of ether oxygens (including phenoxy) is 4. The third kappa shape index (κ3) is 2.16. The van der Waals surface area contributed by atoms with Gasteiger partial charge in [-0.2, -0.15) is 5.26 Å². The van der Waals surface area contributed by atoms with Gasteiger partial charge in [0.2, 0.25) is 24.3 Å². The predicted octanol–water partition coefficient (Wildman–Crippen LogP) is 1.93. The average Bonchev–Trinajstić information content (AvgIpc) is 3.25. The van der Waals surface area contributed by atoms with Crippen LogP contribution in [0.4, 0.5) is 0 Å². The summed E-state index contributed by atoms with van der Waals surface area (Å²) in [6.07, 6.45) is 0.711. The Balaban J connectivity index is 1.95. The van der Waals surface area contributed by atoms with Gasteiger partial charge >= 0.3 is 0 Å². The summed E-state index contributed by atoms with van der Waals surface area (Å²) < 4.78 is 21.9. The second-order valence-corrected chi connectivity index (χ2v) is 5.66. The fraction of sp³-hybridized carbons (Fsp3) is 0.294. The first kappa shape index (κ1) is 15.2. The molecule has 0 saturated heterocycles. The highest BCUT2D eigenvalue weighted by Crippen LogP contribution is 2.48. The maximum atomic E-state index is 9.65. The number of nitrogens with two attached hydrogens (primary N) is 1. The van der Waals surface area contributed by atoms with Gasteiger partial charge in [-0.05, 0) is 24.1 Å². The first-order valence-electron chi connectivity index (χ1n) is 7.80. The van der Waals surface area contributed by atoms with E-state index in [4.69, 9.17) is 24.7 Å². The number of nitrogens with one attached hydrogen (secondary N) is 1. The van der Waals surface area contributed by atoms with Gasteiger partial charge in [-0.1, -0.05) is 6.92 Å². The third-order valence-electron chi connectivity index (χ3n) is 4.39. The summed E-state index contributed by atoms with van der Waals surface area (Å²) in [4.78, 5) is 0. The second-order valence-electron chi connectivity index (χ2n) is 5.66. The highest BCUT2D eigenvalue weighted by Gasteiger charge is 2.36. The average molecular weight is 340 g/mol. The molecule has 2 aliphatic heterocycles. The van der Waals surface area contributed by atoms with Crippen molar-refractivity contribution in [3.63, 3.8) is 0 Å². The molecular weight excluding hydrogens is 324 g/mol. The fourth-order valence-electron chi connectivity index (χ4n) is 3.23. The van der Waals surface area contributed by atoms with Gasteiger partial charge in [0.25, 0.3) is 0 Å². The Morgan fingerprint density at radius 3 is 3.00 bits per heavy atom. The summed E-state index contributed by atoms with van der Waals surface area (Å²) >= 11 is 0. The van der Waals surface area contributed by atoms with Crippen LogP contribution in [0, 0.1) is 11.3 Å². The van der Waals surface area contributed by atoms with E-state index in [0.717, 1.165) is 16.8 Å². The summed E-state index contributed by atoms with van der Waals surface area (Å²) in [6.45, 7) is 2.13. The van der Waals surface area contributed by atoms with Crippen LogP contribution in [0.3, 0.4) is 0 Å². The summed E-state index contributed by atoms with van der Waals surface area (Å²) in [5.74, 6) is 1.67. The molecule has 25 heavy (non-hydrogen) atoms. The number of H-pyrrole nitrogens is 1. The lowest BCUT2D eigenvalue weighted by Crippen LogP contribution is -2.21. The Morgan fingerprint density at radius 1 is 1.44 bits per heavy atom. The molecule has 0 amide bonds. The quantitative estimate of drug-likeness (QED) is 0.877. The van der Waals surface area contributed by atoms with Crippen molar-refractivity contribution >= 4 is 0 Å². The predicted molar refractivity (Wildman–Crippen MR) is 86.4 cm³/mol. The first-order chi connectivity index (χ1) is 12.2. The number of nitrogens with zero attached hydrogens (tertiary/aromatic N) is 2. The normalized spacial score (nSPS) is 17.7. The molecule has 0 aliphatic carbocycles. The van der Waals surface area contributed by atoms with Crippen molar-refractivity contribution in [2.24, 2.45) is 5.73 Å². The lowest BCUT2D eigenvalue weighted by Gasteiger charge is -2.24. The second kappa shape index (κ2) is 5.63. The smallest absolute Gasteiger partial charge is 0.244 e. The van der Waals surface area contributed by atoms with E-state index >= 15 is 0 Å². The Labute approximate surface area is 143 Å². The van der Waals surface area contributed by atoms with Gasteiger partial charge in [0.05, 0.1) is 13.0 Å². The molecule has 3 heterocycles. The zero-order valence-corrected chi connectivity index (χ0v) is 13.8. The van der Waals surface area contributed by atoms with Gasteiger partial charge < -0.3 is 24.7 Å². The Kier molecular flexibility index (Phi) is 3.42. The highest BCUT2D eigenvalue weighted by molar-refractivity contribution is 5.61. The van der Waals surface area contributed by atoms with Gasteiger partial charge in [-0.25, -0.2) is 0 Å². The molecule has 0 radical (unpaired) electrons. The van der Waals surface area contributed by atoms with Crippen LogP contribution in [0.25, 0.3) is 0 Å². The van der Waals surface area contributed by atoms with Crippen LogP contribution in [0.1, 0.15) is 29.7 Å². The van der Waals surface area contributed by atoms with Crippen molar-refractivity contribution in [3.8, 4) is 29.2 Å². The number of rotatable bonds is 3. The van der Waals surface area contributed by atoms with Crippen molar-refractivity contribution in [2.75, 3.05) is 13.9 Å². The van der Waals surface area contributed by atoms with E-state index in [0.29, 0.717) is 35.1 Å². The van der Waals surface area contributed by atoms with Crippen LogP contribution >= 0.6 is 0 Å². The van der Waals surface area contributed by atoms with Crippen molar-refractivity contribution in [1.82, 2.24) is 10.2 Å². The van der Waals surface area contributed by atoms with Crippen molar-refractivity contribution in [1.29, 1.82) is 5.26 Å². The maximum Gasteiger partial charge on any atom is 0.244 e. The number of hydrogen-bond donors (Lipinski definition) is 2. The van der Waals surface area contributed by atoms with E-state index in [1.807, 2.05) is 19.1 Å². The molecule has 1 aromatic heterocycles. The topological polar surface area (TPSA) is 115 Å². The fourth-order valence-corrected chi connectivity index (χ4v) is 3.23. The van der Waals surface area contributed by atoms with Crippen molar-refractivity contribution in [3.05, 3.63) is 40.4 Å². The third-order valence-corrected chi connectivity index (χ3v) is 4.39. The largest absolute Gasteiger partial charge is 0.493 e. The SMILES string of the molecule is CCc1[nH]nc2c1[C@H](c1cc(OC)c3c(c1)OCO3)C(C#N)=C(N)O2. The molecule has 8 heteroatoms. The molecule has 0 fully saturated rings. The molecule has 128 valence electrons. The van der Waals surface area contributed by atoms with E-state index in [9.17, 15) is 5.26 Å². The van der Waals surface area contributed by atoms with E-state index in [-0.39, 0.29) is 12.7 Å². The number of hydrogen-bond acceptors (Lipinski definition) is 7. The number of fused-ring (bicyclic) bond motifs is 2. The Morgan fingerprint density at radius 2 is 2.28 bits per heavy atom. The highest BCUT2D eigenvalue weighted by atomic mass is 16.7. The minimum Gasteiger partial charge on any atom is -0.493 e. The van der Waals surface area contributed by atoms with Crippen LogP contribution in [0.15, 0.2) is 23.6 Å². The van der Waals surface area contributed by atoms with Crippen LogP contribution in [0.5, 0.6) is 23.1 Å². The van der Waals surface area contributed by atoms with Crippen molar-refractivity contribution < 1.29 is 18.9 Å². The van der Waals surface area contributed by atoms with E-state index in [1.165, 1.54) is 0 Å². The van der Waals surface area contributed by atoms with Gasteiger partial charge in [-0.3, -0.25) is 5.10 Å². The molecule has 3 N–H and O–H groups in total. The minimum atomic E-state index is -0.425. The molecule has 4 rings (SSSR count). The molecule has 1 atom stereocenters. The zero-order chi connectivity index (χ0) is 17.6. The van der Waals surface area contributed by atoms with Crippen LogP contribution in [0.2, 0.25) is 0 Å². The maximum absolute atomic E-state index is 9.65. The first-order valence-corrected chi connectivity index (χ1v) is 7.80. The number of methoxy groups -OCH3 is 1. The molecule has 8 nitrogen and oxygen atoms in total. The molecule has 0 unspecified atom stereocenters. The van der Waals surface area contributed by atoms with Crippen LogP contribution in [-0.2, 0) is 6.42 Å². The lowest BCUT2D eigenvalue weighted by molar-refractivity contribution is 0.171. The van der Waals surface area contributed by atoms with Gasteiger partial charge in [-0.15, -0.1) is 5.10 Å². The molecule has 2 aliphatic rings. The summed E-state index contributed by atoms with van der Waals surface area (Å²) in [7, 11) is 1.56. The van der Waals surface area contributed by atoms with Gasteiger partial charge in [0.1, 0.15) is 11.6 Å². The molecule has 1 aromatic carbocycles. The van der Waals surface area contributed by atoms with Gasteiger partial charge in [0, 0.05) is 11.3 Å². The number of aromatic nitrogens is 2. The van der Waals surface area contributed by atoms with Crippen LogP contribution < -0.4 is 24.7 Å².